The summed E-state index contributed by atoms with van der Waals surface area (Å²) >= 11 is 6.43. The number of rotatable bonds is 4. The molecule has 0 radical (unpaired) electrons. The van der Waals surface area contributed by atoms with Crippen LogP contribution in [0.5, 0.6) is 0 Å². The summed E-state index contributed by atoms with van der Waals surface area (Å²) < 4.78 is 14.0. The normalized spacial score (nSPS) is 11.7. The maximum atomic E-state index is 14.0. The van der Waals surface area contributed by atoms with Crippen molar-refractivity contribution in [2.75, 3.05) is 0 Å². The van der Waals surface area contributed by atoms with Gasteiger partial charge in [-0.05, 0) is 17.2 Å². The molecule has 0 atom stereocenters. The largest absolute Gasteiger partial charge is 0.206 e. The Bertz CT molecular complexity index is 755. The molecule has 2 heteroatoms. The Kier molecular flexibility index (Phi) is 4.89. The quantitative estimate of drug-likeness (QED) is 0.533. The minimum atomic E-state index is -0.311. The fraction of sp³-hybridized carbons (Fsp3) is 0.0476. The van der Waals surface area contributed by atoms with Crippen molar-refractivity contribution in [1.82, 2.24) is 0 Å². The van der Waals surface area contributed by atoms with Crippen molar-refractivity contribution in [3.63, 3.8) is 0 Å². The van der Waals surface area contributed by atoms with Gasteiger partial charge in [-0.15, -0.1) is 0 Å². The van der Waals surface area contributed by atoms with Crippen LogP contribution in [-0.4, -0.2) is 0 Å². The second-order valence-corrected chi connectivity index (χ2v) is 5.70. The van der Waals surface area contributed by atoms with Crippen LogP contribution in [0.15, 0.2) is 91.0 Å². The van der Waals surface area contributed by atoms with Crippen molar-refractivity contribution >= 4 is 16.6 Å². The Balaban J connectivity index is 2.06. The zero-order valence-electron chi connectivity index (χ0n) is 12.5. The lowest BCUT2D eigenvalue weighted by Gasteiger charge is -2.15. The standard InChI is InChI=1S/C21H16ClF/c22-20(18-13-7-8-14-21(18)23)15-19(16-9-3-1-4-10-16)17-11-5-2-6-12-17/h1-15,19H. The highest BCUT2D eigenvalue weighted by Crippen LogP contribution is 2.31. The fourth-order valence-corrected chi connectivity index (χ4v) is 2.88. The highest BCUT2D eigenvalue weighted by atomic mass is 35.5. The predicted octanol–water partition coefficient (Wildman–Crippen LogP) is 6.24. The Morgan fingerprint density at radius 1 is 0.739 bits per heavy atom. The lowest BCUT2D eigenvalue weighted by Crippen LogP contribution is -1.98. The molecule has 0 spiro atoms. The predicted molar refractivity (Wildman–Crippen MR) is 95.0 cm³/mol. The Morgan fingerprint density at radius 3 is 1.74 bits per heavy atom. The minimum Gasteiger partial charge on any atom is -0.206 e. The van der Waals surface area contributed by atoms with Crippen molar-refractivity contribution in [3.8, 4) is 0 Å². The summed E-state index contributed by atoms with van der Waals surface area (Å²) in [6.45, 7) is 0. The van der Waals surface area contributed by atoms with E-state index in [4.69, 9.17) is 11.6 Å². The molecule has 0 saturated heterocycles. The second-order valence-electron chi connectivity index (χ2n) is 5.29. The van der Waals surface area contributed by atoms with Crippen LogP contribution in [0.25, 0.3) is 5.03 Å². The van der Waals surface area contributed by atoms with E-state index in [-0.39, 0.29) is 11.7 Å². The molecule has 0 aliphatic rings. The summed E-state index contributed by atoms with van der Waals surface area (Å²) in [5.74, 6) is -0.335. The van der Waals surface area contributed by atoms with E-state index in [0.717, 1.165) is 11.1 Å². The first-order chi connectivity index (χ1) is 11.3. The van der Waals surface area contributed by atoms with E-state index in [2.05, 4.69) is 24.3 Å². The second kappa shape index (κ2) is 7.26. The molecule has 3 aromatic rings. The van der Waals surface area contributed by atoms with Crippen molar-refractivity contribution in [2.24, 2.45) is 0 Å². The summed E-state index contributed by atoms with van der Waals surface area (Å²) in [6.07, 6.45) is 1.91. The SMILES string of the molecule is Fc1ccccc1C(Cl)=CC(c1ccccc1)c1ccccc1. The van der Waals surface area contributed by atoms with Crippen LogP contribution in [0.3, 0.4) is 0 Å². The monoisotopic (exact) mass is 322 g/mol. The van der Waals surface area contributed by atoms with Crippen molar-refractivity contribution in [3.05, 3.63) is 114 Å². The molecule has 0 aromatic heterocycles. The smallest absolute Gasteiger partial charge is 0.131 e. The molecule has 0 amide bonds. The first-order valence-corrected chi connectivity index (χ1v) is 7.85. The van der Waals surface area contributed by atoms with Crippen LogP contribution < -0.4 is 0 Å². The maximum Gasteiger partial charge on any atom is 0.131 e. The van der Waals surface area contributed by atoms with Gasteiger partial charge in [0.15, 0.2) is 0 Å². The Morgan fingerprint density at radius 2 is 1.22 bits per heavy atom. The van der Waals surface area contributed by atoms with Crippen LogP contribution in [0.2, 0.25) is 0 Å². The molecule has 0 heterocycles. The molecule has 3 rings (SSSR count). The zero-order valence-corrected chi connectivity index (χ0v) is 13.2. The number of benzene rings is 3. The van der Waals surface area contributed by atoms with E-state index in [9.17, 15) is 4.39 Å². The van der Waals surface area contributed by atoms with Gasteiger partial charge in [-0.1, -0.05) is 96.5 Å². The average Bonchev–Trinajstić information content (AvgIpc) is 2.61. The average molecular weight is 323 g/mol. The van der Waals surface area contributed by atoms with E-state index in [1.54, 1.807) is 18.2 Å². The number of halogens is 2. The summed E-state index contributed by atoms with van der Waals surface area (Å²) in [6, 6.07) is 26.7. The van der Waals surface area contributed by atoms with Gasteiger partial charge in [0.1, 0.15) is 5.82 Å². The summed E-state index contributed by atoms with van der Waals surface area (Å²) in [5.41, 5.74) is 2.66. The van der Waals surface area contributed by atoms with Crippen LogP contribution in [-0.2, 0) is 0 Å². The molecule has 114 valence electrons. The lowest BCUT2D eigenvalue weighted by molar-refractivity contribution is 0.624. The number of hydrogen-bond donors (Lipinski definition) is 0. The van der Waals surface area contributed by atoms with Crippen molar-refractivity contribution < 1.29 is 4.39 Å². The van der Waals surface area contributed by atoms with Crippen LogP contribution in [0.1, 0.15) is 22.6 Å². The van der Waals surface area contributed by atoms with Gasteiger partial charge in [-0.25, -0.2) is 4.39 Å². The van der Waals surface area contributed by atoms with Gasteiger partial charge >= 0.3 is 0 Å². The fourth-order valence-electron chi connectivity index (χ4n) is 2.60. The minimum absolute atomic E-state index is 0.0236. The third-order valence-electron chi connectivity index (χ3n) is 3.76. The molecule has 0 unspecified atom stereocenters. The highest BCUT2D eigenvalue weighted by Gasteiger charge is 2.14. The van der Waals surface area contributed by atoms with Crippen LogP contribution >= 0.6 is 11.6 Å². The molecule has 0 aliphatic heterocycles. The van der Waals surface area contributed by atoms with Gasteiger partial charge in [0, 0.05) is 16.5 Å². The van der Waals surface area contributed by atoms with Gasteiger partial charge in [-0.3, -0.25) is 0 Å². The highest BCUT2D eigenvalue weighted by molar-refractivity contribution is 6.48. The van der Waals surface area contributed by atoms with Crippen molar-refractivity contribution in [2.45, 2.75) is 5.92 Å². The molecule has 0 fully saturated rings. The summed E-state index contributed by atoms with van der Waals surface area (Å²) in [7, 11) is 0. The van der Waals surface area contributed by atoms with E-state index in [0.29, 0.717) is 10.6 Å². The van der Waals surface area contributed by atoms with Gasteiger partial charge in [0.05, 0.1) is 0 Å². The molecule has 0 N–H and O–H groups in total. The first kappa shape index (κ1) is 15.5. The summed E-state index contributed by atoms with van der Waals surface area (Å²) in [4.78, 5) is 0. The van der Waals surface area contributed by atoms with E-state index in [1.807, 2.05) is 42.5 Å². The van der Waals surface area contributed by atoms with Gasteiger partial charge in [0.25, 0.3) is 0 Å². The third kappa shape index (κ3) is 3.69. The van der Waals surface area contributed by atoms with Crippen molar-refractivity contribution in [1.29, 1.82) is 0 Å². The lowest BCUT2D eigenvalue weighted by atomic mass is 9.90. The molecule has 23 heavy (non-hydrogen) atoms. The zero-order chi connectivity index (χ0) is 16.1. The third-order valence-corrected chi connectivity index (χ3v) is 4.09. The molecular formula is C21H16ClF. The Hall–Kier alpha value is -2.38. The Labute approximate surface area is 140 Å². The molecule has 3 aromatic carbocycles. The topological polar surface area (TPSA) is 0 Å². The van der Waals surface area contributed by atoms with Crippen LogP contribution in [0.4, 0.5) is 4.39 Å². The maximum absolute atomic E-state index is 14.0. The first-order valence-electron chi connectivity index (χ1n) is 7.48. The van der Waals surface area contributed by atoms with E-state index in [1.165, 1.54) is 6.07 Å². The van der Waals surface area contributed by atoms with Gasteiger partial charge in [-0.2, -0.15) is 0 Å². The van der Waals surface area contributed by atoms with Crippen LogP contribution in [0, 0.1) is 5.82 Å². The molecular weight excluding hydrogens is 307 g/mol. The number of allylic oxidation sites excluding steroid dienone is 1. The molecule has 0 bridgehead atoms. The van der Waals surface area contributed by atoms with E-state index < -0.39 is 0 Å². The molecule has 0 nitrogen and oxygen atoms in total. The molecule has 0 saturated carbocycles. The number of hydrogen-bond acceptors (Lipinski definition) is 0. The van der Waals surface area contributed by atoms with E-state index >= 15 is 0 Å². The summed E-state index contributed by atoms with van der Waals surface area (Å²) in [5, 5.41) is 0.417. The molecule has 0 aliphatic carbocycles. The van der Waals surface area contributed by atoms with Gasteiger partial charge < -0.3 is 0 Å². The van der Waals surface area contributed by atoms with Gasteiger partial charge in [0.2, 0.25) is 0 Å².